The van der Waals surface area contributed by atoms with Gasteiger partial charge in [0.15, 0.2) is 5.82 Å². The van der Waals surface area contributed by atoms with Crippen LogP contribution in [0.1, 0.15) is 52.1 Å². The van der Waals surface area contributed by atoms with Crippen molar-refractivity contribution >= 4 is 56.6 Å². The lowest BCUT2D eigenvalue weighted by Gasteiger charge is -2.19. The molecule has 0 radical (unpaired) electrons. The summed E-state index contributed by atoms with van der Waals surface area (Å²) in [7, 11) is 1.42. The molecule has 2 N–H and O–H groups in total. The number of carbonyl (C=O) groups excluding carboxylic acids is 3. The Bertz CT molecular complexity index is 1440. The summed E-state index contributed by atoms with van der Waals surface area (Å²) >= 11 is 7.50. The van der Waals surface area contributed by atoms with Crippen LogP contribution in [0.4, 0.5) is 10.2 Å². The number of hydrogen-bond donors (Lipinski definition) is 2. The second kappa shape index (κ2) is 9.93. The van der Waals surface area contributed by atoms with Crippen LogP contribution in [0.15, 0.2) is 42.5 Å². The van der Waals surface area contributed by atoms with Crippen LogP contribution in [0, 0.1) is 5.82 Å². The molecule has 0 aliphatic heterocycles. The number of benzene rings is 2. The standard InChI is InChI=1S/C24H21ClFN5O3S/c1-12(32)11-31-20(13(2)18-15(25)8-6-9-16(18)26)21(28-22(31)24(34)27-3)29-23(33)19-14-7-4-5-10-17(14)35-30-19/h4-10,13H,11H2,1-3H3,(H,27,34)(H,29,33)/t13-/m1/s1. The highest BCUT2D eigenvalue weighted by molar-refractivity contribution is 7.13. The number of hydrogen-bond acceptors (Lipinski definition) is 6. The number of carbonyl (C=O) groups is 3. The number of anilines is 1. The first kappa shape index (κ1) is 24.5. The molecule has 0 fully saturated rings. The van der Waals surface area contributed by atoms with Crippen molar-refractivity contribution < 1.29 is 18.8 Å². The molecule has 35 heavy (non-hydrogen) atoms. The highest BCUT2D eigenvalue weighted by Gasteiger charge is 2.30. The minimum Gasteiger partial charge on any atom is -0.352 e. The average molecular weight is 514 g/mol. The van der Waals surface area contributed by atoms with E-state index in [9.17, 15) is 18.8 Å². The van der Waals surface area contributed by atoms with E-state index in [1.807, 2.05) is 12.1 Å². The van der Waals surface area contributed by atoms with Gasteiger partial charge in [0.2, 0.25) is 5.82 Å². The Morgan fingerprint density at radius 2 is 1.89 bits per heavy atom. The number of aromatic nitrogens is 3. The van der Waals surface area contributed by atoms with E-state index < -0.39 is 23.5 Å². The Kier molecular flexibility index (Phi) is 6.95. The SMILES string of the molecule is CNC(=O)c1nc(NC(=O)c2nsc3ccccc23)c([C@H](C)c2c(F)cccc2Cl)n1CC(C)=O. The van der Waals surface area contributed by atoms with Crippen molar-refractivity contribution in [3.63, 3.8) is 0 Å². The second-order valence-electron chi connectivity index (χ2n) is 7.88. The predicted octanol–water partition coefficient (Wildman–Crippen LogP) is 4.64. The topological polar surface area (TPSA) is 106 Å². The van der Waals surface area contributed by atoms with Crippen molar-refractivity contribution in [1.82, 2.24) is 19.2 Å². The Morgan fingerprint density at radius 1 is 1.14 bits per heavy atom. The van der Waals surface area contributed by atoms with Crippen LogP contribution in [0.3, 0.4) is 0 Å². The van der Waals surface area contributed by atoms with E-state index >= 15 is 0 Å². The van der Waals surface area contributed by atoms with Crippen molar-refractivity contribution in [2.24, 2.45) is 0 Å². The maximum Gasteiger partial charge on any atom is 0.287 e. The number of Topliss-reactive ketones (excluding diaryl/α,β-unsaturated/α-hetero) is 1. The molecular weight excluding hydrogens is 493 g/mol. The van der Waals surface area contributed by atoms with Crippen molar-refractivity contribution in [1.29, 1.82) is 0 Å². The zero-order valence-corrected chi connectivity index (χ0v) is 20.6. The van der Waals surface area contributed by atoms with Gasteiger partial charge in [-0.05, 0) is 36.7 Å². The average Bonchev–Trinajstić information content (AvgIpc) is 3.39. The van der Waals surface area contributed by atoms with Crippen LogP contribution in [-0.4, -0.2) is 38.6 Å². The van der Waals surface area contributed by atoms with Gasteiger partial charge < -0.3 is 15.2 Å². The molecule has 0 aliphatic carbocycles. The van der Waals surface area contributed by atoms with Gasteiger partial charge in [0.05, 0.1) is 16.9 Å². The summed E-state index contributed by atoms with van der Waals surface area (Å²) in [6.07, 6.45) is 0. The third-order valence-electron chi connectivity index (χ3n) is 5.49. The van der Waals surface area contributed by atoms with Gasteiger partial charge >= 0.3 is 0 Å². The molecule has 0 spiro atoms. The lowest BCUT2D eigenvalue weighted by atomic mass is 9.96. The molecule has 180 valence electrons. The summed E-state index contributed by atoms with van der Waals surface area (Å²) in [4.78, 5) is 42.3. The van der Waals surface area contributed by atoms with Gasteiger partial charge in [0.1, 0.15) is 17.3 Å². The summed E-state index contributed by atoms with van der Waals surface area (Å²) in [5.41, 5.74) is 0.603. The molecule has 4 aromatic rings. The smallest absolute Gasteiger partial charge is 0.287 e. The Hall–Kier alpha value is -3.63. The number of ketones is 1. The van der Waals surface area contributed by atoms with E-state index in [1.54, 1.807) is 25.1 Å². The molecule has 2 amide bonds. The monoisotopic (exact) mass is 513 g/mol. The number of amides is 2. The second-order valence-corrected chi connectivity index (χ2v) is 9.09. The largest absolute Gasteiger partial charge is 0.352 e. The zero-order valence-electron chi connectivity index (χ0n) is 19.1. The molecule has 4 rings (SSSR count). The van der Waals surface area contributed by atoms with Gasteiger partial charge in [-0.25, -0.2) is 9.37 Å². The predicted molar refractivity (Wildman–Crippen MR) is 133 cm³/mol. The van der Waals surface area contributed by atoms with Gasteiger partial charge in [0.25, 0.3) is 11.8 Å². The summed E-state index contributed by atoms with van der Waals surface area (Å²) in [6.45, 7) is 2.81. The van der Waals surface area contributed by atoms with Gasteiger partial charge in [-0.15, -0.1) is 0 Å². The molecular formula is C24H21ClFN5O3S. The fourth-order valence-electron chi connectivity index (χ4n) is 3.94. The molecule has 0 saturated heterocycles. The van der Waals surface area contributed by atoms with Crippen molar-refractivity contribution in [2.45, 2.75) is 26.3 Å². The third kappa shape index (κ3) is 4.67. The van der Waals surface area contributed by atoms with Crippen molar-refractivity contribution in [2.75, 3.05) is 12.4 Å². The van der Waals surface area contributed by atoms with E-state index in [-0.39, 0.29) is 45.9 Å². The Labute approximate surface area is 209 Å². The van der Waals surface area contributed by atoms with Crippen LogP contribution in [0.25, 0.3) is 10.1 Å². The molecule has 2 heterocycles. The fraction of sp³-hybridized carbons (Fsp3) is 0.208. The highest BCUT2D eigenvalue weighted by atomic mass is 35.5. The molecule has 8 nitrogen and oxygen atoms in total. The number of imidazole rings is 1. The first-order valence-corrected chi connectivity index (χ1v) is 11.8. The van der Waals surface area contributed by atoms with E-state index in [1.165, 1.54) is 42.2 Å². The fourth-order valence-corrected chi connectivity index (χ4v) is 5.04. The zero-order chi connectivity index (χ0) is 25.3. The summed E-state index contributed by atoms with van der Waals surface area (Å²) in [5, 5.41) is 6.04. The number of nitrogens with one attached hydrogen (secondary N) is 2. The van der Waals surface area contributed by atoms with Crippen LogP contribution in [-0.2, 0) is 11.3 Å². The van der Waals surface area contributed by atoms with Gasteiger partial charge in [-0.2, -0.15) is 4.37 Å². The van der Waals surface area contributed by atoms with Crippen molar-refractivity contribution in [3.8, 4) is 0 Å². The normalized spacial score (nSPS) is 11.9. The first-order chi connectivity index (χ1) is 16.7. The molecule has 0 aliphatic rings. The maximum atomic E-state index is 14.8. The van der Waals surface area contributed by atoms with Crippen LogP contribution < -0.4 is 10.6 Å². The summed E-state index contributed by atoms with van der Waals surface area (Å²) in [6, 6.07) is 11.6. The Balaban J connectivity index is 1.88. The van der Waals surface area contributed by atoms with Crippen molar-refractivity contribution in [3.05, 3.63) is 76.1 Å². The van der Waals surface area contributed by atoms with Crippen LogP contribution in [0.2, 0.25) is 5.02 Å². The number of rotatable bonds is 7. The first-order valence-electron chi connectivity index (χ1n) is 10.6. The van der Waals surface area contributed by atoms with Crippen LogP contribution >= 0.6 is 23.1 Å². The number of nitrogens with zero attached hydrogens (tertiary/aromatic N) is 3. The number of halogens is 2. The molecule has 2 aromatic carbocycles. The quantitative estimate of drug-likeness (QED) is 0.374. The molecule has 1 atom stereocenters. The third-order valence-corrected chi connectivity index (χ3v) is 6.64. The minimum absolute atomic E-state index is 0.0127. The van der Waals surface area contributed by atoms with E-state index in [0.717, 1.165) is 4.70 Å². The molecule has 0 bridgehead atoms. The Morgan fingerprint density at radius 3 is 2.57 bits per heavy atom. The molecule has 11 heteroatoms. The molecule has 0 unspecified atom stereocenters. The number of fused-ring (bicyclic) bond motifs is 1. The summed E-state index contributed by atoms with van der Waals surface area (Å²) in [5.74, 6) is -2.80. The van der Waals surface area contributed by atoms with Gasteiger partial charge in [-0.1, -0.05) is 42.8 Å². The lowest BCUT2D eigenvalue weighted by Crippen LogP contribution is -2.25. The summed E-state index contributed by atoms with van der Waals surface area (Å²) < 4.78 is 21.3. The van der Waals surface area contributed by atoms with Gasteiger partial charge in [0, 0.05) is 28.9 Å². The maximum absolute atomic E-state index is 14.8. The lowest BCUT2D eigenvalue weighted by molar-refractivity contribution is -0.117. The molecule has 0 saturated carbocycles. The van der Waals surface area contributed by atoms with E-state index in [2.05, 4.69) is 20.0 Å². The molecule has 2 aromatic heterocycles. The van der Waals surface area contributed by atoms with Gasteiger partial charge in [-0.3, -0.25) is 14.4 Å². The minimum atomic E-state index is -0.767. The van der Waals surface area contributed by atoms with Crippen LogP contribution in [0.5, 0.6) is 0 Å². The van der Waals surface area contributed by atoms with E-state index in [0.29, 0.717) is 5.39 Å². The van der Waals surface area contributed by atoms with E-state index in [4.69, 9.17) is 11.6 Å². The highest BCUT2D eigenvalue weighted by Crippen LogP contribution is 2.37.